The van der Waals surface area contributed by atoms with Gasteiger partial charge in [0.2, 0.25) is 5.91 Å². The molecule has 2 aliphatic rings. The summed E-state index contributed by atoms with van der Waals surface area (Å²) >= 11 is 1.46. The number of rotatable bonds is 4. The van der Waals surface area contributed by atoms with E-state index in [-0.39, 0.29) is 17.9 Å². The maximum Gasteiger partial charge on any atom is 0.255 e. The summed E-state index contributed by atoms with van der Waals surface area (Å²) in [4.78, 5) is 32.2. The van der Waals surface area contributed by atoms with E-state index in [9.17, 15) is 9.59 Å². The van der Waals surface area contributed by atoms with Crippen molar-refractivity contribution < 1.29 is 14.3 Å². The van der Waals surface area contributed by atoms with Crippen LogP contribution in [0.3, 0.4) is 0 Å². The quantitative estimate of drug-likeness (QED) is 0.896. The van der Waals surface area contributed by atoms with Gasteiger partial charge in [-0.2, -0.15) is 0 Å². The molecule has 1 unspecified atom stereocenters. The van der Waals surface area contributed by atoms with Crippen LogP contribution in [0.25, 0.3) is 0 Å². The first kappa shape index (κ1) is 17.2. The van der Waals surface area contributed by atoms with Crippen molar-refractivity contribution in [1.82, 2.24) is 9.88 Å². The molecule has 1 aromatic carbocycles. The molecule has 7 heteroatoms. The van der Waals surface area contributed by atoms with E-state index in [1.807, 2.05) is 35.2 Å². The molecule has 0 spiro atoms. The van der Waals surface area contributed by atoms with Crippen molar-refractivity contribution in [3.63, 3.8) is 0 Å². The van der Waals surface area contributed by atoms with Gasteiger partial charge in [0.05, 0.1) is 18.7 Å². The zero-order valence-corrected chi connectivity index (χ0v) is 15.3. The second kappa shape index (κ2) is 7.55. The van der Waals surface area contributed by atoms with Crippen LogP contribution in [0, 0.1) is 0 Å². The van der Waals surface area contributed by atoms with Crippen molar-refractivity contribution in [2.24, 2.45) is 0 Å². The van der Waals surface area contributed by atoms with Crippen LogP contribution in [-0.2, 0) is 33.7 Å². The number of anilines is 1. The second-order valence-corrected chi connectivity index (χ2v) is 7.69. The Morgan fingerprint density at radius 3 is 2.92 bits per heavy atom. The molecule has 0 aliphatic carbocycles. The van der Waals surface area contributed by atoms with Gasteiger partial charge in [0.25, 0.3) is 5.91 Å². The van der Waals surface area contributed by atoms with Gasteiger partial charge in [0, 0.05) is 24.4 Å². The van der Waals surface area contributed by atoms with E-state index in [0.29, 0.717) is 31.2 Å². The van der Waals surface area contributed by atoms with Crippen molar-refractivity contribution >= 4 is 28.3 Å². The van der Waals surface area contributed by atoms with Crippen LogP contribution >= 0.6 is 11.3 Å². The maximum atomic E-state index is 12.6. The van der Waals surface area contributed by atoms with Crippen LogP contribution < -0.4 is 5.32 Å². The van der Waals surface area contributed by atoms with Gasteiger partial charge in [-0.15, -0.1) is 0 Å². The lowest BCUT2D eigenvalue weighted by atomic mass is 10.1. The lowest BCUT2D eigenvalue weighted by molar-refractivity contribution is -0.131. The first-order chi connectivity index (χ1) is 12.7. The van der Waals surface area contributed by atoms with E-state index in [4.69, 9.17) is 4.74 Å². The largest absolute Gasteiger partial charge is 0.368 e. The number of hydrogen-bond acceptors (Lipinski definition) is 5. The topological polar surface area (TPSA) is 71.5 Å². The highest BCUT2D eigenvalue weighted by molar-refractivity contribution is 7.15. The highest BCUT2D eigenvalue weighted by atomic mass is 32.1. The lowest BCUT2D eigenvalue weighted by Crippen LogP contribution is -2.36. The number of carbonyl (C=O) groups excluding carboxylic acids is 2. The normalized spacial score (nSPS) is 19.2. The second-order valence-electron chi connectivity index (χ2n) is 6.61. The van der Waals surface area contributed by atoms with E-state index in [1.165, 1.54) is 11.3 Å². The zero-order valence-electron chi connectivity index (χ0n) is 14.4. The van der Waals surface area contributed by atoms with Crippen LogP contribution in [0.4, 0.5) is 5.13 Å². The molecule has 0 saturated carbocycles. The predicted molar refractivity (Wildman–Crippen MR) is 99.0 cm³/mol. The van der Waals surface area contributed by atoms with E-state index >= 15 is 0 Å². The Kier molecular flexibility index (Phi) is 4.99. The molecule has 26 heavy (non-hydrogen) atoms. The van der Waals surface area contributed by atoms with Gasteiger partial charge in [-0.05, 0) is 18.4 Å². The van der Waals surface area contributed by atoms with Crippen LogP contribution in [-0.4, -0.2) is 41.0 Å². The fraction of sp³-hybridized carbons (Fsp3) is 0.421. The van der Waals surface area contributed by atoms with E-state index in [1.54, 1.807) is 0 Å². The summed E-state index contributed by atoms with van der Waals surface area (Å²) in [5.74, 6) is 0.00537. The van der Waals surface area contributed by atoms with Gasteiger partial charge in [0.1, 0.15) is 6.10 Å². The standard InChI is InChI=1S/C19H21N3O3S/c23-17(11-13-5-2-1-3-6-13)22-9-8-14-16(12-22)26-19(20-14)21-18(24)15-7-4-10-25-15/h1-3,5-6,15H,4,7-12H2,(H,20,21,24). The average molecular weight is 371 g/mol. The number of aromatic nitrogens is 1. The molecule has 2 aromatic rings. The molecule has 0 bridgehead atoms. The molecule has 1 saturated heterocycles. The van der Waals surface area contributed by atoms with Gasteiger partial charge in [0.15, 0.2) is 5.13 Å². The van der Waals surface area contributed by atoms with E-state index < -0.39 is 0 Å². The molecule has 2 amide bonds. The zero-order chi connectivity index (χ0) is 17.9. The summed E-state index contributed by atoms with van der Waals surface area (Å²) in [5.41, 5.74) is 2.01. The maximum absolute atomic E-state index is 12.6. The minimum absolute atomic E-state index is 0.120. The number of carbonyl (C=O) groups is 2. The molecule has 2 aliphatic heterocycles. The Balaban J connectivity index is 1.38. The molecule has 1 N–H and O–H groups in total. The van der Waals surface area contributed by atoms with Crippen LogP contribution in [0.1, 0.15) is 29.0 Å². The summed E-state index contributed by atoms with van der Waals surface area (Å²) in [5, 5.41) is 3.47. The van der Waals surface area contributed by atoms with Crippen molar-refractivity contribution in [3.8, 4) is 0 Å². The summed E-state index contributed by atoms with van der Waals surface area (Å²) in [6.07, 6.45) is 2.46. The smallest absolute Gasteiger partial charge is 0.255 e. The van der Waals surface area contributed by atoms with Crippen molar-refractivity contribution in [1.29, 1.82) is 0 Å². The summed E-state index contributed by atoms with van der Waals surface area (Å²) in [6.45, 7) is 1.88. The monoisotopic (exact) mass is 371 g/mol. The first-order valence-corrected chi connectivity index (χ1v) is 9.73. The molecule has 1 atom stereocenters. The minimum atomic E-state index is -0.361. The molecule has 3 heterocycles. The Hall–Kier alpha value is -2.25. The Labute approximate surface area is 156 Å². The van der Waals surface area contributed by atoms with Crippen molar-refractivity contribution in [2.75, 3.05) is 18.5 Å². The van der Waals surface area contributed by atoms with E-state index in [2.05, 4.69) is 10.3 Å². The Morgan fingerprint density at radius 1 is 1.31 bits per heavy atom. The summed E-state index contributed by atoms with van der Waals surface area (Å²) < 4.78 is 5.41. The predicted octanol–water partition coefficient (Wildman–Crippen LogP) is 2.39. The molecule has 6 nitrogen and oxygen atoms in total. The van der Waals surface area contributed by atoms with Gasteiger partial charge >= 0.3 is 0 Å². The molecule has 0 radical (unpaired) electrons. The minimum Gasteiger partial charge on any atom is -0.368 e. The third kappa shape index (κ3) is 3.78. The van der Waals surface area contributed by atoms with Crippen LogP contribution in [0.15, 0.2) is 30.3 Å². The van der Waals surface area contributed by atoms with Crippen LogP contribution in [0.2, 0.25) is 0 Å². The molecular weight excluding hydrogens is 350 g/mol. The van der Waals surface area contributed by atoms with Gasteiger partial charge in [-0.1, -0.05) is 41.7 Å². The number of fused-ring (bicyclic) bond motifs is 1. The van der Waals surface area contributed by atoms with Crippen LogP contribution in [0.5, 0.6) is 0 Å². The third-order valence-electron chi connectivity index (χ3n) is 4.73. The molecule has 136 valence electrons. The fourth-order valence-corrected chi connectivity index (χ4v) is 4.34. The molecule has 1 fully saturated rings. The summed E-state index contributed by atoms with van der Waals surface area (Å²) in [6, 6.07) is 9.79. The van der Waals surface area contributed by atoms with Gasteiger partial charge in [-0.25, -0.2) is 4.98 Å². The number of hydrogen-bond donors (Lipinski definition) is 1. The number of nitrogens with zero attached hydrogens (tertiary/aromatic N) is 2. The van der Waals surface area contributed by atoms with Crippen molar-refractivity contribution in [3.05, 3.63) is 46.5 Å². The average Bonchev–Trinajstić information content (AvgIpc) is 3.31. The number of ether oxygens (including phenoxy) is 1. The Bertz CT molecular complexity index is 800. The SMILES string of the molecule is O=C(Nc1nc2c(s1)CN(C(=O)Cc1ccccc1)CC2)C1CCCO1. The molecule has 1 aromatic heterocycles. The number of benzene rings is 1. The number of amides is 2. The molecular formula is C19H21N3O3S. The summed E-state index contributed by atoms with van der Waals surface area (Å²) in [7, 11) is 0. The highest BCUT2D eigenvalue weighted by Gasteiger charge is 2.27. The fourth-order valence-electron chi connectivity index (χ4n) is 3.31. The number of thiazole rings is 1. The van der Waals surface area contributed by atoms with Gasteiger partial charge in [-0.3, -0.25) is 14.9 Å². The van der Waals surface area contributed by atoms with Gasteiger partial charge < -0.3 is 9.64 Å². The highest BCUT2D eigenvalue weighted by Crippen LogP contribution is 2.29. The first-order valence-electron chi connectivity index (χ1n) is 8.92. The lowest BCUT2D eigenvalue weighted by Gasteiger charge is -2.26. The van der Waals surface area contributed by atoms with Crippen molar-refractivity contribution in [2.45, 2.75) is 38.3 Å². The number of nitrogens with one attached hydrogen (secondary N) is 1. The third-order valence-corrected chi connectivity index (χ3v) is 5.73. The molecule has 4 rings (SSSR count). The van der Waals surface area contributed by atoms with E-state index in [0.717, 1.165) is 35.4 Å². The Morgan fingerprint density at radius 2 is 2.15 bits per heavy atom.